The summed E-state index contributed by atoms with van der Waals surface area (Å²) in [6, 6.07) is 0.519. The van der Waals surface area contributed by atoms with Crippen molar-refractivity contribution in [2.75, 3.05) is 39.4 Å². The lowest BCUT2D eigenvalue weighted by molar-refractivity contribution is 0.0369. The molecule has 1 N–H and O–H groups in total. The minimum absolute atomic E-state index is 0.519. The first-order valence-corrected chi connectivity index (χ1v) is 7.47. The number of morpholine rings is 1. The van der Waals surface area contributed by atoms with Gasteiger partial charge in [-0.25, -0.2) is 4.98 Å². The Morgan fingerprint density at radius 1 is 1.32 bits per heavy atom. The van der Waals surface area contributed by atoms with E-state index in [0.717, 1.165) is 39.4 Å². The number of nitrogens with zero attached hydrogens (tertiary/aromatic N) is 3. The predicted octanol–water partition coefficient (Wildman–Crippen LogP) is 1.03. The van der Waals surface area contributed by atoms with Gasteiger partial charge < -0.3 is 14.6 Å². The van der Waals surface area contributed by atoms with Crippen molar-refractivity contribution in [1.82, 2.24) is 19.8 Å². The van der Waals surface area contributed by atoms with Crippen LogP contribution >= 0.6 is 0 Å². The van der Waals surface area contributed by atoms with E-state index in [-0.39, 0.29) is 0 Å². The first kappa shape index (κ1) is 13.1. The lowest BCUT2D eigenvalue weighted by atomic mass is 10.2. The minimum Gasteiger partial charge on any atom is -0.379 e. The molecule has 3 rings (SSSR count). The number of hydrogen-bond donors (Lipinski definition) is 1. The molecule has 1 atom stereocenters. The fourth-order valence-corrected chi connectivity index (χ4v) is 3.03. The Kier molecular flexibility index (Phi) is 4.48. The summed E-state index contributed by atoms with van der Waals surface area (Å²) < 4.78 is 7.70. The SMILES string of the molecule is c1ncn(CCCN2CCOCC2)c1[C@@H]1CCCN1. The average molecular weight is 264 g/mol. The molecule has 2 aliphatic rings. The van der Waals surface area contributed by atoms with Crippen LogP contribution in [0.3, 0.4) is 0 Å². The standard InChI is InChI=1S/C14H24N4O/c1-3-13(16-4-1)14-11-15-12-18(14)6-2-5-17-7-9-19-10-8-17/h11-13,16H,1-10H2/t13-/m0/s1. The highest BCUT2D eigenvalue weighted by Gasteiger charge is 2.19. The summed E-state index contributed by atoms with van der Waals surface area (Å²) in [4.78, 5) is 6.82. The highest BCUT2D eigenvalue weighted by atomic mass is 16.5. The smallest absolute Gasteiger partial charge is 0.0948 e. The molecule has 0 spiro atoms. The van der Waals surface area contributed by atoms with Crippen molar-refractivity contribution in [3.05, 3.63) is 18.2 Å². The molecule has 2 saturated heterocycles. The number of aromatic nitrogens is 2. The van der Waals surface area contributed by atoms with Crippen LogP contribution in [0.15, 0.2) is 12.5 Å². The summed E-state index contributed by atoms with van der Waals surface area (Å²) in [7, 11) is 0. The van der Waals surface area contributed by atoms with E-state index >= 15 is 0 Å². The molecule has 0 bridgehead atoms. The maximum absolute atomic E-state index is 5.37. The molecule has 0 aromatic carbocycles. The lowest BCUT2D eigenvalue weighted by Crippen LogP contribution is -2.37. The third-order valence-corrected chi connectivity index (χ3v) is 4.14. The number of nitrogens with one attached hydrogen (secondary N) is 1. The van der Waals surface area contributed by atoms with Gasteiger partial charge >= 0.3 is 0 Å². The minimum atomic E-state index is 0.519. The Morgan fingerprint density at radius 2 is 2.21 bits per heavy atom. The van der Waals surface area contributed by atoms with Gasteiger partial charge in [0.1, 0.15) is 0 Å². The van der Waals surface area contributed by atoms with E-state index in [2.05, 4.69) is 19.8 Å². The third kappa shape index (κ3) is 3.35. The first-order chi connectivity index (χ1) is 9.43. The molecule has 1 aromatic heterocycles. The molecule has 2 aliphatic heterocycles. The first-order valence-electron chi connectivity index (χ1n) is 7.47. The van der Waals surface area contributed by atoms with Gasteiger partial charge in [0.25, 0.3) is 0 Å². The second-order valence-electron chi connectivity index (χ2n) is 5.47. The second kappa shape index (κ2) is 6.50. The molecule has 0 saturated carbocycles. The quantitative estimate of drug-likeness (QED) is 0.862. The van der Waals surface area contributed by atoms with Crippen LogP contribution in [0.25, 0.3) is 0 Å². The van der Waals surface area contributed by atoms with Crippen LogP contribution in [0.5, 0.6) is 0 Å². The summed E-state index contributed by atoms with van der Waals surface area (Å²) in [6.45, 7) is 7.33. The van der Waals surface area contributed by atoms with Crippen molar-refractivity contribution in [3.63, 3.8) is 0 Å². The summed E-state index contributed by atoms with van der Waals surface area (Å²) in [6.07, 6.45) is 7.72. The molecular formula is C14H24N4O. The van der Waals surface area contributed by atoms with Crippen LogP contribution in [0, 0.1) is 0 Å². The van der Waals surface area contributed by atoms with Crippen molar-refractivity contribution >= 4 is 0 Å². The average Bonchev–Trinajstić information content (AvgIpc) is 3.10. The van der Waals surface area contributed by atoms with E-state index in [0.29, 0.717) is 6.04 Å². The monoisotopic (exact) mass is 264 g/mol. The van der Waals surface area contributed by atoms with Gasteiger partial charge in [-0.3, -0.25) is 4.90 Å². The second-order valence-corrected chi connectivity index (χ2v) is 5.47. The lowest BCUT2D eigenvalue weighted by Gasteiger charge is -2.26. The van der Waals surface area contributed by atoms with Crippen LogP contribution in [0.2, 0.25) is 0 Å². The Bertz CT molecular complexity index is 381. The molecule has 2 fully saturated rings. The molecule has 1 aromatic rings. The van der Waals surface area contributed by atoms with Gasteiger partial charge in [-0.1, -0.05) is 0 Å². The summed E-state index contributed by atoms with van der Waals surface area (Å²) >= 11 is 0. The van der Waals surface area contributed by atoms with Gasteiger partial charge in [-0.15, -0.1) is 0 Å². The molecule has 0 amide bonds. The van der Waals surface area contributed by atoms with Crippen LogP contribution < -0.4 is 5.32 Å². The summed E-state index contributed by atoms with van der Waals surface area (Å²) in [5.41, 5.74) is 1.36. The van der Waals surface area contributed by atoms with Crippen molar-refractivity contribution in [2.24, 2.45) is 0 Å². The maximum Gasteiger partial charge on any atom is 0.0948 e. The van der Waals surface area contributed by atoms with Crippen LogP contribution in [-0.2, 0) is 11.3 Å². The number of hydrogen-bond acceptors (Lipinski definition) is 4. The molecule has 0 unspecified atom stereocenters. The molecule has 19 heavy (non-hydrogen) atoms. The third-order valence-electron chi connectivity index (χ3n) is 4.14. The van der Waals surface area contributed by atoms with Gasteiger partial charge in [0.15, 0.2) is 0 Å². The number of ether oxygens (including phenoxy) is 1. The number of aryl methyl sites for hydroxylation is 1. The zero-order chi connectivity index (χ0) is 12.9. The molecule has 5 heteroatoms. The highest BCUT2D eigenvalue weighted by Crippen LogP contribution is 2.22. The van der Waals surface area contributed by atoms with E-state index in [1.807, 2.05) is 12.5 Å². The number of imidazole rings is 1. The van der Waals surface area contributed by atoms with Crippen molar-refractivity contribution in [1.29, 1.82) is 0 Å². The van der Waals surface area contributed by atoms with Gasteiger partial charge in [0.05, 0.1) is 25.2 Å². The van der Waals surface area contributed by atoms with Gasteiger partial charge in [0.2, 0.25) is 0 Å². The zero-order valence-electron chi connectivity index (χ0n) is 11.6. The normalized spacial score (nSPS) is 24.9. The van der Waals surface area contributed by atoms with Crippen LogP contribution in [0.4, 0.5) is 0 Å². The van der Waals surface area contributed by atoms with Crippen LogP contribution in [0.1, 0.15) is 31.0 Å². The Morgan fingerprint density at radius 3 is 3.00 bits per heavy atom. The summed E-state index contributed by atoms with van der Waals surface area (Å²) in [5.74, 6) is 0. The Hall–Kier alpha value is -0.910. The van der Waals surface area contributed by atoms with E-state index in [4.69, 9.17) is 4.74 Å². The molecule has 5 nitrogen and oxygen atoms in total. The Labute approximate surface area is 114 Å². The van der Waals surface area contributed by atoms with Crippen LogP contribution in [-0.4, -0.2) is 53.8 Å². The Balaban J connectivity index is 1.48. The number of rotatable bonds is 5. The van der Waals surface area contributed by atoms with Crippen molar-refractivity contribution < 1.29 is 4.74 Å². The largest absolute Gasteiger partial charge is 0.379 e. The van der Waals surface area contributed by atoms with Gasteiger partial charge in [0, 0.05) is 38.4 Å². The van der Waals surface area contributed by atoms with Gasteiger partial charge in [-0.05, 0) is 25.8 Å². The maximum atomic E-state index is 5.37. The summed E-state index contributed by atoms with van der Waals surface area (Å²) in [5, 5.41) is 3.55. The highest BCUT2D eigenvalue weighted by molar-refractivity contribution is 5.07. The van der Waals surface area contributed by atoms with E-state index in [1.165, 1.54) is 31.5 Å². The fraction of sp³-hybridized carbons (Fsp3) is 0.786. The van der Waals surface area contributed by atoms with Crippen molar-refractivity contribution in [2.45, 2.75) is 31.8 Å². The predicted molar refractivity (Wildman–Crippen MR) is 74.1 cm³/mol. The fourth-order valence-electron chi connectivity index (χ4n) is 3.03. The molecule has 3 heterocycles. The topological polar surface area (TPSA) is 42.3 Å². The molecule has 106 valence electrons. The molecule has 0 radical (unpaired) electrons. The zero-order valence-corrected chi connectivity index (χ0v) is 11.6. The van der Waals surface area contributed by atoms with E-state index < -0.39 is 0 Å². The van der Waals surface area contributed by atoms with E-state index in [9.17, 15) is 0 Å². The van der Waals surface area contributed by atoms with E-state index in [1.54, 1.807) is 0 Å². The molecule has 0 aliphatic carbocycles. The van der Waals surface area contributed by atoms with Crippen molar-refractivity contribution in [3.8, 4) is 0 Å². The molecular weight excluding hydrogens is 240 g/mol. The van der Waals surface area contributed by atoms with Gasteiger partial charge in [-0.2, -0.15) is 0 Å².